The van der Waals surface area contributed by atoms with Gasteiger partial charge in [0.05, 0.1) is 74.2 Å². The zero-order valence-electron chi connectivity index (χ0n) is 77.6. The first-order chi connectivity index (χ1) is 60.5. The third-order valence-corrected chi connectivity index (χ3v) is 24.7. The molecule has 692 valence electrons. The number of hydrogen-bond acceptors (Lipinski definition) is 16. The maximum Gasteiger partial charge on any atom is 0.424 e. The molecule has 0 radical (unpaired) electrons. The molecule has 12 rings (SSSR count). The third-order valence-electron chi connectivity index (χ3n) is 22.9. The second-order valence-corrected chi connectivity index (χ2v) is 39.0. The lowest BCUT2D eigenvalue weighted by molar-refractivity contribution is -0.135. The Balaban J connectivity index is 0.000000214. The van der Waals surface area contributed by atoms with E-state index in [-0.39, 0.29) is 60.1 Å². The average Bonchev–Trinajstić information content (AvgIpc) is 0.879. The van der Waals surface area contributed by atoms with Crippen LogP contribution in [0.2, 0.25) is 0 Å². The molecule has 4 heterocycles. The minimum Gasteiger partial charge on any atom is -1.00 e. The number of unbranched alkanes of at least 4 members (excludes halogenated alkanes) is 4. The normalized spacial score (nSPS) is 18.7. The van der Waals surface area contributed by atoms with Gasteiger partial charge in [-0.05, 0) is 217 Å². The van der Waals surface area contributed by atoms with E-state index in [1.54, 1.807) is 20.8 Å². The third kappa shape index (κ3) is 28.8. The molecule has 7 N–H and O–H groups in total. The van der Waals surface area contributed by atoms with Crippen molar-refractivity contribution in [3.8, 4) is 23.0 Å². The number of nitrogens with zero attached hydrogens (tertiary/aromatic N) is 1. The monoisotopic (exact) mass is 1910 g/mol. The fourth-order valence-corrected chi connectivity index (χ4v) is 16.4. The highest BCUT2D eigenvalue weighted by atomic mass is 127. The summed E-state index contributed by atoms with van der Waals surface area (Å²) in [7, 11) is -7.47. The van der Waals surface area contributed by atoms with Gasteiger partial charge in [-0.15, -0.1) is 0 Å². The van der Waals surface area contributed by atoms with Crippen LogP contribution in [0.15, 0.2) is 216 Å². The summed E-state index contributed by atoms with van der Waals surface area (Å²) in [4.78, 5) is 77.0. The lowest BCUT2D eigenvalue weighted by Crippen LogP contribution is -3.00. The topological polar surface area (TPSA) is 321 Å². The zero-order chi connectivity index (χ0) is 93.5. The number of aliphatic hydroxyl groups is 1. The number of ether oxygens (including phenoxy) is 5. The maximum atomic E-state index is 13.7. The Morgan fingerprint density at radius 3 is 0.946 bits per heavy atom. The molecule has 4 aliphatic heterocycles. The van der Waals surface area contributed by atoms with Crippen molar-refractivity contribution in [2.24, 2.45) is 0 Å². The molecule has 0 saturated heterocycles. The molecule has 129 heavy (non-hydrogen) atoms. The van der Waals surface area contributed by atoms with Crippen LogP contribution in [0.25, 0.3) is 22.3 Å². The van der Waals surface area contributed by atoms with E-state index >= 15 is 0 Å². The van der Waals surface area contributed by atoms with Crippen LogP contribution < -0.4 is 68.9 Å². The number of amides is 5. The highest BCUT2D eigenvalue weighted by molar-refractivity contribution is 7.89. The van der Waals surface area contributed by atoms with Gasteiger partial charge in [-0.3, -0.25) is 19.2 Å². The fraction of sp³-hybridized carbons (Fsp3) is 0.398. The van der Waals surface area contributed by atoms with Gasteiger partial charge in [-0.1, -0.05) is 221 Å². The summed E-state index contributed by atoms with van der Waals surface area (Å²) in [5.41, 5.74) is 11.9. The molecule has 0 bridgehead atoms. The molecule has 0 aliphatic carbocycles. The van der Waals surface area contributed by atoms with Crippen LogP contribution in [-0.2, 0) is 70.9 Å². The zero-order valence-corrected chi connectivity index (χ0v) is 81.4. The standard InChI is InChI=1S/C30H40N2O6S.C25H32N2O4S.C24H27NO4.C24H29NO3.HI/c1-8-9-18-37-24-16-14-23(15-17-24)30(6)19-25(22-12-10-21(2)11-13-22)26(27(33)31-30)20-32(39(7,35)36)28(34)38-29(3,4)5;1-5-6-15-31-21-13-11-20(12-14-21)25(3)16-22(19-9-7-18(2)8-10-19)23(24(28)27-25)17-26-32(4,29)30;1-4-5-14-29-19-12-10-18(11-13-19)24(3)15-20(17-8-6-16(2)7-9-17)21(23(27)28)22(26)25-24;1-4-5-14-28-20-12-10-19(11-13-20)24(3)15-21(22(16-26)23(27)25-24)18-8-6-17(2)7-9-18;/h10-17H,8-9,18-20H2,1-7H3,(H,31,33);7-14,26H,5-6,15-17H2,1-4H3,(H,27,28);6-13H,4-5,14-15H2,1-3H3,(H,25,26)(H,27,28);6-13,26H,4-5,14-16H2,1-3H3,(H,25,27);1H/p-1/t30-;25-;2*24-;/m0000./s1. The summed E-state index contributed by atoms with van der Waals surface area (Å²) in [6, 6.07) is 62.4. The Hall–Kier alpha value is -10.9. The van der Waals surface area contributed by atoms with Crippen LogP contribution in [0, 0.1) is 27.7 Å². The van der Waals surface area contributed by atoms with Crippen molar-refractivity contribution in [1.82, 2.24) is 30.3 Å². The van der Waals surface area contributed by atoms with Gasteiger partial charge in [-0.2, -0.15) is 4.31 Å². The van der Waals surface area contributed by atoms with Crippen LogP contribution in [0.1, 0.15) is 220 Å². The molecule has 0 aromatic heterocycles. The average molecular weight is 1910 g/mol. The smallest absolute Gasteiger partial charge is 0.424 e. The van der Waals surface area contributed by atoms with Gasteiger partial charge in [0.25, 0.3) is 11.8 Å². The van der Waals surface area contributed by atoms with E-state index in [0.29, 0.717) is 78.7 Å². The van der Waals surface area contributed by atoms with Gasteiger partial charge in [0.1, 0.15) is 34.2 Å². The number of aliphatic carboxylic acids is 1. The van der Waals surface area contributed by atoms with E-state index in [4.69, 9.17) is 23.7 Å². The van der Waals surface area contributed by atoms with E-state index in [2.05, 4.69) is 53.7 Å². The molecule has 26 heteroatoms. The number of hydrogen-bond donors (Lipinski definition) is 7. The van der Waals surface area contributed by atoms with Crippen molar-refractivity contribution >= 4 is 78.0 Å². The second-order valence-electron chi connectivity index (χ2n) is 35.3. The van der Waals surface area contributed by atoms with E-state index in [1.807, 2.05) is 250 Å². The van der Waals surface area contributed by atoms with Crippen LogP contribution >= 0.6 is 0 Å². The van der Waals surface area contributed by atoms with Crippen LogP contribution in [0.4, 0.5) is 4.79 Å². The summed E-state index contributed by atoms with van der Waals surface area (Å²) in [5, 5.41) is 31.6. The number of carboxylic acids is 1. The number of nitrogens with one attached hydrogen (secondary N) is 5. The van der Waals surface area contributed by atoms with Crippen molar-refractivity contribution in [3.63, 3.8) is 0 Å². The number of aryl methyl sites for hydroxylation is 4. The first-order valence-electron chi connectivity index (χ1n) is 43.9. The van der Waals surface area contributed by atoms with Crippen molar-refractivity contribution in [3.05, 3.63) is 283 Å². The molecule has 0 fully saturated rings. The number of benzene rings is 8. The minimum atomic E-state index is -4.04. The number of aliphatic hydroxyl groups excluding tert-OH is 1. The van der Waals surface area contributed by atoms with E-state index in [1.165, 1.54) is 0 Å². The lowest BCUT2D eigenvalue weighted by Gasteiger charge is -2.38. The number of carbonyl (C=O) groups excluding carboxylic acids is 5. The highest BCUT2D eigenvalue weighted by Crippen LogP contribution is 2.45. The molecule has 0 saturated carbocycles. The highest BCUT2D eigenvalue weighted by Gasteiger charge is 2.44. The Bertz CT molecular complexity index is 5580. The molecule has 5 amide bonds. The number of carbonyl (C=O) groups is 6. The molecule has 4 atom stereocenters. The summed E-state index contributed by atoms with van der Waals surface area (Å²) >= 11 is 0. The van der Waals surface area contributed by atoms with E-state index in [0.717, 1.165) is 165 Å². The van der Waals surface area contributed by atoms with Gasteiger partial charge in [0.15, 0.2) is 0 Å². The van der Waals surface area contributed by atoms with Gasteiger partial charge < -0.3 is 79.1 Å². The van der Waals surface area contributed by atoms with Crippen LogP contribution in [0.3, 0.4) is 0 Å². The lowest BCUT2D eigenvalue weighted by atomic mass is 9.78. The van der Waals surface area contributed by atoms with E-state index < -0.39 is 78.2 Å². The molecule has 8 aromatic rings. The number of carboxylic acid groups (broad SMARTS) is 1. The predicted octanol–water partition coefficient (Wildman–Crippen LogP) is 15.3. The number of sulfonamides is 2. The van der Waals surface area contributed by atoms with Gasteiger partial charge in [-0.25, -0.2) is 31.1 Å². The van der Waals surface area contributed by atoms with Crippen molar-refractivity contribution in [2.45, 2.75) is 209 Å². The number of halogens is 1. The van der Waals surface area contributed by atoms with Gasteiger partial charge in [0, 0.05) is 48.9 Å². The maximum absolute atomic E-state index is 13.7. The molecule has 8 aromatic carbocycles. The molecule has 23 nitrogen and oxygen atoms in total. The van der Waals surface area contributed by atoms with Crippen molar-refractivity contribution in [1.29, 1.82) is 0 Å². The molecular formula is C103H128IN6O17S2-. The Morgan fingerprint density at radius 2 is 0.674 bits per heavy atom. The molecule has 0 unspecified atom stereocenters. The largest absolute Gasteiger partial charge is 1.00 e. The molecular weight excluding hydrogens is 1780 g/mol. The fourth-order valence-electron chi connectivity index (χ4n) is 15.4. The summed E-state index contributed by atoms with van der Waals surface area (Å²) in [5.74, 6) is 0.490. The first kappa shape index (κ1) is 103. The Kier molecular flexibility index (Phi) is 36.9. The Labute approximate surface area is 779 Å². The van der Waals surface area contributed by atoms with Gasteiger partial charge >= 0.3 is 12.1 Å². The molecule has 0 spiro atoms. The predicted molar refractivity (Wildman–Crippen MR) is 506 cm³/mol. The Morgan fingerprint density at radius 1 is 0.411 bits per heavy atom. The van der Waals surface area contributed by atoms with Gasteiger partial charge in [0.2, 0.25) is 31.9 Å². The summed E-state index contributed by atoms with van der Waals surface area (Å²) < 4.78 is 80.1. The second kappa shape index (κ2) is 46.1. The number of rotatable bonds is 32. The van der Waals surface area contributed by atoms with Crippen LogP contribution in [0.5, 0.6) is 23.0 Å². The van der Waals surface area contributed by atoms with Crippen LogP contribution in [-0.4, -0.2) is 131 Å². The van der Waals surface area contributed by atoms with Crippen molar-refractivity contribution < 1.29 is 103 Å². The molecule has 4 aliphatic rings. The minimum absolute atomic E-state index is 0. The van der Waals surface area contributed by atoms with E-state index in [9.17, 15) is 55.8 Å². The first-order valence-corrected chi connectivity index (χ1v) is 47.7. The SMILES string of the molecule is CCCCOc1ccc([C@]2(C)CC(c3ccc(C)cc3)=C(C(=O)O)C(=O)N2)cc1.CCCCOc1ccc([C@]2(C)CC(c3ccc(C)cc3)=C(CN(C(=O)OC(C)(C)C)S(C)(=O)=O)C(=O)N2)cc1.CCCCOc1ccc([C@]2(C)CC(c3ccc(C)cc3)=C(CNS(C)(=O)=O)C(=O)N2)cc1.CCCCOc1ccc([C@]2(C)CC(c3ccc(C)cc3)=C(CO)C(=O)N2)cc1.[I-]. The summed E-state index contributed by atoms with van der Waals surface area (Å²) in [6.45, 7) is 31.2. The van der Waals surface area contributed by atoms with Crippen molar-refractivity contribution in [2.75, 3.05) is 58.6 Å². The summed E-state index contributed by atoms with van der Waals surface area (Å²) in [6.07, 6.45) is 11.2. The quantitative estimate of drug-likeness (QED) is 0.0117.